The van der Waals surface area contributed by atoms with Crippen LogP contribution in [0.15, 0.2) is 97.1 Å². The van der Waals surface area contributed by atoms with Crippen LogP contribution in [-0.2, 0) is 33.9 Å². The zero-order chi connectivity index (χ0) is 28.8. The van der Waals surface area contributed by atoms with E-state index < -0.39 is 18.1 Å². The molecule has 0 fully saturated rings. The Morgan fingerprint density at radius 3 is 2.29 bits per heavy atom. The molecule has 2 atom stereocenters. The molecule has 210 valence electrons. The van der Waals surface area contributed by atoms with Gasteiger partial charge in [-0.1, -0.05) is 84.4 Å². The number of aryl methyl sites for hydroxylation is 1. The van der Waals surface area contributed by atoms with Crippen molar-refractivity contribution in [1.82, 2.24) is 4.90 Å². The van der Waals surface area contributed by atoms with Crippen LogP contribution in [0, 0.1) is 6.92 Å². The van der Waals surface area contributed by atoms with Crippen LogP contribution in [-0.4, -0.2) is 29.4 Å². The maximum atomic E-state index is 14.3. The Morgan fingerprint density at radius 2 is 1.61 bits per heavy atom. The van der Waals surface area contributed by atoms with Crippen LogP contribution < -0.4 is 9.47 Å². The van der Waals surface area contributed by atoms with Gasteiger partial charge in [-0.2, -0.15) is 0 Å². The number of nitrogens with zero attached hydrogens (tertiary/aromatic N) is 1. The molecule has 0 spiro atoms. The number of amides is 1. The maximum absolute atomic E-state index is 14.3. The summed E-state index contributed by atoms with van der Waals surface area (Å²) in [6.07, 6.45) is -0.705. The molecule has 0 saturated carbocycles. The molecule has 0 bridgehead atoms. The van der Waals surface area contributed by atoms with Crippen LogP contribution in [0.25, 0.3) is 0 Å². The summed E-state index contributed by atoms with van der Waals surface area (Å²) >= 11 is 6.07. The molecule has 1 amide bonds. The monoisotopic (exact) mass is 569 g/mol. The Balaban J connectivity index is 1.49. The molecule has 0 radical (unpaired) electrons. The summed E-state index contributed by atoms with van der Waals surface area (Å²) in [4.78, 5) is 29.2. The highest BCUT2D eigenvalue weighted by molar-refractivity contribution is 6.30. The van der Waals surface area contributed by atoms with Gasteiger partial charge in [0.25, 0.3) is 5.91 Å². The molecule has 6 nitrogen and oxygen atoms in total. The SMILES string of the molecule is CCOC(=O)[C@@H]1Cc2c(ccc(C)c2OCc2ccccc2)CN1C(=O)[C@@H](Oc1ccc(Cl)cc1)c1ccccc1. The lowest BCUT2D eigenvalue weighted by Crippen LogP contribution is -2.51. The number of carbonyl (C=O) groups is 2. The zero-order valence-corrected chi connectivity index (χ0v) is 23.8. The number of halogens is 1. The van der Waals surface area contributed by atoms with E-state index in [1.807, 2.05) is 79.7 Å². The van der Waals surface area contributed by atoms with Gasteiger partial charge in [0.2, 0.25) is 6.10 Å². The number of fused-ring (bicyclic) bond motifs is 1. The molecule has 41 heavy (non-hydrogen) atoms. The van der Waals surface area contributed by atoms with Gasteiger partial charge in [-0.3, -0.25) is 4.79 Å². The molecule has 0 aromatic heterocycles. The van der Waals surface area contributed by atoms with E-state index in [0.29, 0.717) is 22.9 Å². The van der Waals surface area contributed by atoms with Crippen molar-refractivity contribution in [2.75, 3.05) is 6.61 Å². The molecule has 0 saturated heterocycles. The predicted molar refractivity (Wildman–Crippen MR) is 158 cm³/mol. The van der Waals surface area contributed by atoms with E-state index in [1.54, 1.807) is 36.1 Å². The van der Waals surface area contributed by atoms with Gasteiger partial charge in [-0.25, -0.2) is 4.79 Å². The van der Waals surface area contributed by atoms with Gasteiger partial charge in [-0.15, -0.1) is 0 Å². The molecule has 1 heterocycles. The summed E-state index contributed by atoms with van der Waals surface area (Å²) in [6, 6.07) is 29.2. The van der Waals surface area contributed by atoms with Gasteiger partial charge in [0.15, 0.2) is 0 Å². The fraction of sp³-hybridized carbons (Fsp3) is 0.235. The largest absolute Gasteiger partial charge is 0.488 e. The molecular formula is C34H32ClNO5. The van der Waals surface area contributed by atoms with E-state index in [1.165, 1.54) is 0 Å². The second-order valence-electron chi connectivity index (χ2n) is 9.92. The van der Waals surface area contributed by atoms with Crippen molar-refractivity contribution in [2.45, 2.75) is 45.6 Å². The van der Waals surface area contributed by atoms with Gasteiger partial charge in [0.1, 0.15) is 24.1 Å². The molecule has 0 aliphatic carbocycles. The Labute approximate surface area is 245 Å². The number of benzene rings is 4. The number of hydrogen-bond donors (Lipinski definition) is 0. The predicted octanol–water partition coefficient (Wildman–Crippen LogP) is 6.86. The van der Waals surface area contributed by atoms with Gasteiger partial charge >= 0.3 is 5.97 Å². The highest BCUT2D eigenvalue weighted by Crippen LogP contribution is 2.36. The Hall–Kier alpha value is -4.29. The minimum atomic E-state index is -0.977. The molecule has 1 aliphatic heterocycles. The number of rotatable bonds is 9. The molecule has 4 aromatic rings. The molecule has 1 aliphatic rings. The van der Waals surface area contributed by atoms with Crippen LogP contribution in [0.3, 0.4) is 0 Å². The van der Waals surface area contributed by atoms with E-state index in [4.69, 9.17) is 25.8 Å². The van der Waals surface area contributed by atoms with E-state index in [9.17, 15) is 9.59 Å². The van der Waals surface area contributed by atoms with Crippen LogP contribution in [0.2, 0.25) is 5.02 Å². The van der Waals surface area contributed by atoms with Crippen molar-refractivity contribution >= 4 is 23.5 Å². The minimum absolute atomic E-state index is 0.207. The molecular weight excluding hydrogens is 538 g/mol. The van der Waals surface area contributed by atoms with E-state index in [0.717, 1.165) is 28.0 Å². The fourth-order valence-corrected chi connectivity index (χ4v) is 5.18. The van der Waals surface area contributed by atoms with E-state index >= 15 is 0 Å². The summed E-state index contributed by atoms with van der Waals surface area (Å²) < 4.78 is 18.0. The van der Waals surface area contributed by atoms with Crippen LogP contribution in [0.4, 0.5) is 0 Å². The number of ether oxygens (including phenoxy) is 3. The first-order chi connectivity index (χ1) is 19.9. The average Bonchev–Trinajstić information content (AvgIpc) is 3.00. The van der Waals surface area contributed by atoms with Gasteiger partial charge in [0, 0.05) is 29.1 Å². The quantitative estimate of drug-likeness (QED) is 0.206. The summed E-state index contributed by atoms with van der Waals surface area (Å²) in [7, 11) is 0. The van der Waals surface area contributed by atoms with Crippen LogP contribution in [0.5, 0.6) is 11.5 Å². The van der Waals surface area contributed by atoms with E-state index in [-0.39, 0.29) is 25.5 Å². The normalized spacial score (nSPS) is 15.0. The standard InChI is InChI=1S/C34H32ClNO5/c1-3-39-34(38)30-20-29-26(15-14-23(2)31(29)40-22-24-10-6-4-7-11-24)21-36(30)33(37)32(25-12-8-5-9-13-25)41-28-18-16-27(35)17-19-28/h4-19,30,32H,3,20-22H2,1-2H3/t30-,32-/m0/s1. The average molecular weight is 570 g/mol. The Bertz CT molecular complexity index is 1490. The molecule has 0 unspecified atom stereocenters. The van der Waals surface area contributed by atoms with Crippen molar-refractivity contribution in [3.63, 3.8) is 0 Å². The van der Waals surface area contributed by atoms with Gasteiger partial charge < -0.3 is 19.1 Å². The summed E-state index contributed by atoms with van der Waals surface area (Å²) in [5.41, 5.74) is 4.53. The third-order valence-corrected chi connectivity index (χ3v) is 7.38. The Morgan fingerprint density at radius 1 is 0.927 bits per heavy atom. The van der Waals surface area contributed by atoms with Gasteiger partial charge in [0.05, 0.1) is 6.61 Å². The second kappa shape index (κ2) is 12.9. The topological polar surface area (TPSA) is 65.1 Å². The Kier molecular flexibility index (Phi) is 8.90. The molecule has 7 heteroatoms. The minimum Gasteiger partial charge on any atom is -0.488 e. The van der Waals surface area contributed by atoms with E-state index in [2.05, 4.69) is 0 Å². The lowest BCUT2D eigenvalue weighted by atomic mass is 9.90. The molecule has 5 rings (SSSR count). The van der Waals surface area contributed by atoms with Crippen molar-refractivity contribution in [2.24, 2.45) is 0 Å². The van der Waals surface area contributed by atoms with Crippen molar-refractivity contribution in [3.05, 3.63) is 130 Å². The number of carbonyl (C=O) groups excluding carboxylic acids is 2. The van der Waals surface area contributed by atoms with Gasteiger partial charge in [-0.05, 0) is 54.8 Å². The van der Waals surface area contributed by atoms with Crippen LogP contribution >= 0.6 is 11.6 Å². The first kappa shape index (κ1) is 28.2. The second-order valence-corrected chi connectivity index (χ2v) is 10.4. The highest BCUT2D eigenvalue weighted by Gasteiger charge is 2.41. The number of esters is 1. The first-order valence-corrected chi connectivity index (χ1v) is 14.0. The van der Waals surface area contributed by atoms with Crippen molar-refractivity contribution in [1.29, 1.82) is 0 Å². The fourth-order valence-electron chi connectivity index (χ4n) is 5.05. The van der Waals surface area contributed by atoms with Crippen molar-refractivity contribution in [3.8, 4) is 11.5 Å². The van der Waals surface area contributed by atoms with Crippen LogP contribution in [0.1, 0.15) is 40.8 Å². The summed E-state index contributed by atoms with van der Waals surface area (Å²) in [6.45, 7) is 4.57. The third-order valence-electron chi connectivity index (χ3n) is 7.13. The summed E-state index contributed by atoms with van der Waals surface area (Å²) in [5, 5.41) is 0.565. The van der Waals surface area contributed by atoms with Crippen molar-refractivity contribution < 1.29 is 23.8 Å². The molecule has 0 N–H and O–H groups in total. The third kappa shape index (κ3) is 6.55. The zero-order valence-electron chi connectivity index (χ0n) is 23.1. The number of hydrogen-bond acceptors (Lipinski definition) is 5. The lowest BCUT2D eigenvalue weighted by molar-refractivity contribution is -0.158. The highest BCUT2D eigenvalue weighted by atomic mass is 35.5. The maximum Gasteiger partial charge on any atom is 0.329 e. The smallest absolute Gasteiger partial charge is 0.329 e. The summed E-state index contributed by atoms with van der Waals surface area (Å²) in [5.74, 6) is 0.446. The lowest BCUT2D eigenvalue weighted by Gasteiger charge is -2.38. The first-order valence-electron chi connectivity index (χ1n) is 13.7. The molecule has 4 aromatic carbocycles.